The number of benzene rings is 2. The molecule has 0 radical (unpaired) electrons. The summed E-state index contributed by atoms with van der Waals surface area (Å²) in [6.07, 6.45) is 0. The van der Waals surface area contributed by atoms with Crippen LogP contribution in [0.4, 0.5) is 0 Å². The van der Waals surface area contributed by atoms with E-state index in [4.69, 9.17) is 23.2 Å². The Balaban J connectivity index is 1.83. The van der Waals surface area contributed by atoms with E-state index in [-0.39, 0.29) is 5.75 Å². The summed E-state index contributed by atoms with van der Waals surface area (Å²) >= 11 is 13.7. The number of thioether (sulfide) groups is 1. The summed E-state index contributed by atoms with van der Waals surface area (Å²) in [5.41, 5.74) is 1.92. The Morgan fingerprint density at radius 1 is 1.08 bits per heavy atom. The van der Waals surface area contributed by atoms with Crippen molar-refractivity contribution in [2.75, 3.05) is 0 Å². The molecule has 0 aliphatic carbocycles. The summed E-state index contributed by atoms with van der Waals surface area (Å²) in [4.78, 5) is 0. The molecule has 1 aromatic heterocycles. The Hall–Kier alpha value is -1.69. The molecule has 0 spiro atoms. The van der Waals surface area contributed by atoms with Gasteiger partial charge in [-0.1, -0.05) is 41.0 Å². The van der Waals surface area contributed by atoms with Gasteiger partial charge in [0.05, 0.1) is 0 Å². The first-order valence-electron chi connectivity index (χ1n) is 7.38. The van der Waals surface area contributed by atoms with Crippen LogP contribution in [0, 0.1) is 0 Å². The maximum Gasteiger partial charge on any atom is 0.191 e. The molecule has 4 nitrogen and oxygen atoms in total. The molecule has 24 heavy (non-hydrogen) atoms. The largest absolute Gasteiger partial charge is 0.508 e. The van der Waals surface area contributed by atoms with Crippen LogP contribution in [0.2, 0.25) is 10.0 Å². The van der Waals surface area contributed by atoms with Gasteiger partial charge in [0.25, 0.3) is 0 Å². The highest BCUT2D eigenvalue weighted by Gasteiger charge is 2.14. The van der Waals surface area contributed by atoms with Crippen molar-refractivity contribution in [1.82, 2.24) is 14.8 Å². The molecule has 0 saturated carbocycles. The predicted octanol–water partition coefficient (Wildman–Crippen LogP) is 5.27. The monoisotopic (exact) mass is 379 g/mol. The Morgan fingerprint density at radius 2 is 1.83 bits per heavy atom. The average molecular weight is 380 g/mol. The molecule has 0 atom stereocenters. The summed E-state index contributed by atoms with van der Waals surface area (Å²) in [6.45, 7) is 2.80. The number of nitrogens with zero attached hydrogens (tertiary/aromatic N) is 3. The lowest BCUT2D eigenvalue weighted by Crippen LogP contribution is -1.99. The molecule has 2 aromatic carbocycles. The lowest BCUT2D eigenvalue weighted by molar-refractivity contribution is 0.475. The lowest BCUT2D eigenvalue weighted by atomic mass is 10.2. The fraction of sp³-hybridized carbons (Fsp3) is 0.176. The van der Waals surface area contributed by atoms with Gasteiger partial charge in [-0.2, -0.15) is 0 Å². The lowest BCUT2D eigenvalue weighted by Gasteiger charge is -2.08. The first kappa shape index (κ1) is 17.1. The fourth-order valence-corrected chi connectivity index (χ4v) is 3.85. The molecule has 7 heteroatoms. The molecule has 1 N–H and O–H groups in total. The molecule has 1 heterocycles. The molecule has 3 rings (SSSR count). The predicted molar refractivity (Wildman–Crippen MR) is 98.8 cm³/mol. The summed E-state index contributed by atoms with van der Waals surface area (Å²) in [6, 6.07) is 12.4. The third-order valence-electron chi connectivity index (χ3n) is 3.53. The van der Waals surface area contributed by atoms with Gasteiger partial charge < -0.3 is 9.67 Å². The molecular formula is C17H15Cl2N3OS. The molecule has 0 aliphatic rings. The van der Waals surface area contributed by atoms with E-state index >= 15 is 0 Å². The van der Waals surface area contributed by atoms with E-state index in [0.29, 0.717) is 15.8 Å². The number of rotatable bonds is 5. The molecule has 0 unspecified atom stereocenters. The van der Waals surface area contributed by atoms with Crippen LogP contribution in [0.25, 0.3) is 11.4 Å². The summed E-state index contributed by atoms with van der Waals surface area (Å²) < 4.78 is 2.04. The minimum atomic E-state index is 0.230. The van der Waals surface area contributed by atoms with E-state index in [1.807, 2.05) is 35.8 Å². The van der Waals surface area contributed by atoms with Crippen LogP contribution in [0.3, 0.4) is 0 Å². The van der Waals surface area contributed by atoms with Crippen molar-refractivity contribution < 1.29 is 5.11 Å². The Kier molecular flexibility index (Phi) is 5.33. The van der Waals surface area contributed by atoms with Gasteiger partial charge in [0.2, 0.25) is 0 Å². The second-order valence-corrected chi connectivity index (χ2v) is 6.91. The van der Waals surface area contributed by atoms with Gasteiger partial charge in [0.15, 0.2) is 11.0 Å². The zero-order chi connectivity index (χ0) is 17.1. The van der Waals surface area contributed by atoms with Gasteiger partial charge in [0, 0.05) is 27.9 Å². The number of aromatic hydroxyl groups is 1. The van der Waals surface area contributed by atoms with E-state index in [9.17, 15) is 5.11 Å². The smallest absolute Gasteiger partial charge is 0.191 e. The molecule has 0 saturated heterocycles. The second kappa shape index (κ2) is 7.47. The standard InChI is InChI=1S/C17H15Cl2N3OS/c1-2-22-16(11-4-7-14(23)8-5-11)20-21-17(22)24-10-12-3-6-13(18)9-15(12)19/h3-9,23H,2,10H2,1H3. The second-order valence-electron chi connectivity index (χ2n) is 5.12. The molecule has 0 aliphatic heterocycles. The Morgan fingerprint density at radius 3 is 2.50 bits per heavy atom. The number of phenols is 1. The SMILES string of the molecule is CCn1c(SCc2ccc(Cl)cc2Cl)nnc1-c1ccc(O)cc1. The molecule has 124 valence electrons. The third-order valence-corrected chi connectivity index (χ3v) is 5.13. The fourth-order valence-electron chi connectivity index (χ4n) is 2.29. The summed E-state index contributed by atoms with van der Waals surface area (Å²) in [5, 5.41) is 20.1. The quantitative estimate of drug-likeness (QED) is 0.613. The summed E-state index contributed by atoms with van der Waals surface area (Å²) in [5.74, 6) is 1.69. The molecular weight excluding hydrogens is 365 g/mol. The zero-order valence-electron chi connectivity index (χ0n) is 12.9. The highest BCUT2D eigenvalue weighted by Crippen LogP contribution is 2.30. The average Bonchev–Trinajstić information content (AvgIpc) is 2.97. The highest BCUT2D eigenvalue weighted by atomic mass is 35.5. The van der Waals surface area contributed by atoms with Crippen LogP contribution in [0.15, 0.2) is 47.6 Å². The van der Waals surface area contributed by atoms with Crippen molar-refractivity contribution in [3.63, 3.8) is 0 Å². The minimum Gasteiger partial charge on any atom is -0.508 e. The van der Waals surface area contributed by atoms with Crippen LogP contribution in [0.5, 0.6) is 5.75 Å². The molecule has 3 aromatic rings. The topological polar surface area (TPSA) is 50.9 Å². The summed E-state index contributed by atoms with van der Waals surface area (Å²) in [7, 11) is 0. The van der Waals surface area contributed by atoms with Crippen molar-refractivity contribution >= 4 is 35.0 Å². The molecule has 0 amide bonds. The first-order chi connectivity index (χ1) is 11.6. The minimum absolute atomic E-state index is 0.230. The van der Waals surface area contributed by atoms with Crippen LogP contribution < -0.4 is 0 Å². The maximum atomic E-state index is 9.42. The van der Waals surface area contributed by atoms with E-state index in [2.05, 4.69) is 10.2 Å². The number of hydrogen-bond acceptors (Lipinski definition) is 4. The molecule has 0 bridgehead atoms. The van der Waals surface area contributed by atoms with Crippen molar-refractivity contribution in [1.29, 1.82) is 0 Å². The van der Waals surface area contributed by atoms with E-state index < -0.39 is 0 Å². The van der Waals surface area contributed by atoms with Crippen molar-refractivity contribution in [2.45, 2.75) is 24.4 Å². The van der Waals surface area contributed by atoms with Crippen molar-refractivity contribution in [3.05, 3.63) is 58.1 Å². The van der Waals surface area contributed by atoms with Gasteiger partial charge in [-0.15, -0.1) is 10.2 Å². The Bertz CT molecular complexity index is 850. The maximum absolute atomic E-state index is 9.42. The zero-order valence-corrected chi connectivity index (χ0v) is 15.2. The van der Waals surface area contributed by atoms with E-state index in [1.165, 1.54) is 0 Å². The van der Waals surface area contributed by atoms with Gasteiger partial charge >= 0.3 is 0 Å². The van der Waals surface area contributed by atoms with E-state index in [0.717, 1.165) is 28.7 Å². The van der Waals surface area contributed by atoms with Gasteiger partial charge in [-0.3, -0.25) is 0 Å². The normalized spacial score (nSPS) is 11.0. The number of aromatic nitrogens is 3. The van der Waals surface area contributed by atoms with Gasteiger partial charge in [0.1, 0.15) is 5.75 Å². The van der Waals surface area contributed by atoms with Crippen LogP contribution in [0.1, 0.15) is 12.5 Å². The number of phenolic OH excluding ortho intramolecular Hbond substituents is 1. The van der Waals surface area contributed by atoms with Crippen molar-refractivity contribution in [2.24, 2.45) is 0 Å². The van der Waals surface area contributed by atoms with Gasteiger partial charge in [-0.25, -0.2) is 0 Å². The van der Waals surface area contributed by atoms with Crippen LogP contribution in [-0.4, -0.2) is 19.9 Å². The highest BCUT2D eigenvalue weighted by molar-refractivity contribution is 7.98. The number of halogens is 2. The van der Waals surface area contributed by atoms with E-state index in [1.54, 1.807) is 30.0 Å². The third kappa shape index (κ3) is 3.69. The van der Waals surface area contributed by atoms with Crippen molar-refractivity contribution in [3.8, 4) is 17.1 Å². The van der Waals surface area contributed by atoms with Gasteiger partial charge in [-0.05, 0) is 48.9 Å². The van der Waals surface area contributed by atoms with Crippen LogP contribution in [-0.2, 0) is 12.3 Å². The van der Waals surface area contributed by atoms with Crippen LogP contribution >= 0.6 is 35.0 Å². The molecule has 0 fully saturated rings. The Labute approximate surface area is 154 Å². The first-order valence-corrected chi connectivity index (χ1v) is 9.12. The number of hydrogen-bond donors (Lipinski definition) is 1.